The quantitative estimate of drug-likeness (QED) is 0.674. The van der Waals surface area contributed by atoms with Gasteiger partial charge in [-0.15, -0.1) is 0 Å². The minimum absolute atomic E-state index is 0.0189. The Morgan fingerprint density at radius 1 is 1.35 bits per heavy atom. The normalized spacial score (nSPS) is 36.2. The summed E-state index contributed by atoms with van der Waals surface area (Å²) in [5.41, 5.74) is -0.464. The smallest absolute Gasteiger partial charge is 0.311 e. The van der Waals surface area contributed by atoms with E-state index in [4.69, 9.17) is 14.2 Å². The van der Waals surface area contributed by atoms with E-state index in [1.165, 1.54) is 0 Å². The highest BCUT2D eigenvalue weighted by Crippen LogP contribution is 2.55. The lowest BCUT2D eigenvalue weighted by molar-refractivity contribution is -0.167. The summed E-state index contributed by atoms with van der Waals surface area (Å²) in [6, 6.07) is 0. The third kappa shape index (κ3) is 2.88. The van der Waals surface area contributed by atoms with Crippen LogP contribution in [-0.2, 0) is 23.8 Å². The summed E-state index contributed by atoms with van der Waals surface area (Å²) in [6.45, 7) is 8.16. The summed E-state index contributed by atoms with van der Waals surface area (Å²) >= 11 is 0. The minimum atomic E-state index is -0.464. The molecule has 0 aromatic carbocycles. The van der Waals surface area contributed by atoms with Crippen molar-refractivity contribution in [3.8, 4) is 0 Å². The van der Waals surface area contributed by atoms with Crippen LogP contribution in [-0.4, -0.2) is 36.9 Å². The van der Waals surface area contributed by atoms with Crippen LogP contribution in [0.2, 0.25) is 0 Å². The Morgan fingerprint density at radius 2 is 2.09 bits per heavy atom. The molecule has 1 saturated heterocycles. The average Bonchev–Trinajstić information content (AvgIpc) is 3.14. The van der Waals surface area contributed by atoms with Crippen molar-refractivity contribution in [2.45, 2.75) is 71.7 Å². The molecule has 2 aliphatic carbocycles. The molecule has 130 valence electrons. The fourth-order valence-corrected chi connectivity index (χ4v) is 4.04. The predicted octanol–water partition coefficient (Wildman–Crippen LogP) is 2.71. The highest BCUT2D eigenvalue weighted by atomic mass is 16.6. The summed E-state index contributed by atoms with van der Waals surface area (Å²) in [5.74, 6) is 0.656. The molecule has 3 fully saturated rings. The van der Waals surface area contributed by atoms with Crippen molar-refractivity contribution < 1.29 is 23.8 Å². The second-order valence-electron chi connectivity index (χ2n) is 7.87. The molecule has 3 aliphatic rings. The van der Waals surface area contributed by atoms with Crippen LogP contribution in [0.5, 0.6) is 0 Å². The molecule has 2 bridgehead atoms. The number of carbonyl (C=O) groups is 2. The number of carbonyl (C=O) groups excluding carboxylic acids is 2. The predicted molar refractivity (Wildman–Crippen MR) is 83.6 cm³/mol. The van der Waals surface area contributed by atoms with Gasteiger partial charge in [-0.2, -0.15) is 0 Å². The van der Waals surface area contributed by atoms with E-state index in [-0.39, 0.29) is 36.2 Å². The molecule has 3 rings (SSSR count). The van der Waals surface area contributed by atoms with E-state index in [2.05, 4.69) is 0 Å². The lowest BCUT2D eigenvalue weighted by atomic mass is 9.88. The molecule has 6 unspecified atom stereocenters. The molecule has 0 aromatic rings. The maximum Gasteiger partial charge on any atom is 0.311 e. The Balaban J connectivity index is 1.53. The molecule has 5 nitrogen and oxygen atoms in total. The largest absolute Gasteiger partial charge is 0.460 e. The third-order valence-electron chi connectivity index (χ3n) is 6.05. The minimum Gasteiger partial charge on any atom is -0.460 e. The second-order valence-corrected chi connectivity index (χ2v) is 7.87. The average molecular weight is 324 g/mol. The van der Waals surface area contributed by atoms with E-state index in [9.17, 15) is 9.59 Å². The van der Waals surface area contributed by atoms with Gasteiger partial charge in [0.05, 0.1) is 24.0 Å². The van der Waals surface area contributed by atoms with E-state index in [0.717, 1.165) is 25.7 Å². The van der Waals surface area contributed by atoms with E-state index < -0.39 is 5.41 Å². The van der Waals surface area contributed by atoms with Crippen molar-refractivity contribution in [3.63, 3.8) is 0 Å². The van der Waals surface area contributed by atoms with Crippen LogP contribution < -0.4 is 0 Å². The van der Waals surface area contributed by atoms with Crippen molar-refractivity contribution in [1.82, 2.24) is 0 Å². The molecule has 0 aromatic heterocycles. The summed E-state index contributed by atoms with van der Waals surface area (Å²) in [5, 5.41) is 0. The van der Waals surface area contributed by atoms with Crippen LogP contribution in [0, 0.1) is 23.2 Å². The molecule has 1 aliphatic heterocycles. The zero-order valence-electron chi connectivity index (χ0n) is 14.5. The highest BCUT2D eigenvalue weighted by Gasteiger charge is 2.62. The Bertz CT molecular complexity index is 486. The van der Waals surface area contributed by atoms with Crippen LogP contribution in [0.3, 0.4) is 0 Å². The Kier molecular flexibility index (Phi) is 4.43. The third-order valence-corrected chi connectivity index (χ3v) is 6.05. The van der Waals surface area contributed by atoms with Gasteiger partial charge in [0.15, 0.2) is 0 Å². The van der Waals surface area contributed by atoms with E-state index in [1.54, 1.807) is 0 Å². The molecule has 0 amide bonds. The number of rotatable bonds is 7. The number of fused-ring (bicyclic) bond motifs is 1. The van der Waals surface area contributed by atoms with Crippen molar-refractivity contribution in [2.75, 3.05) is 6.61 Å². The summed E-state index contributed by atoms with van der Waals surface area (Å²) in [4.78, 5) is 24.0. The zero-order valence-corrected chi connectivity index (χ0v) is 14.5. The van der Waals surface area contributed by atoms with Crippen LogP contribution >= 0.6 is 0 Å². The highest BCUT2D eigenvalue weighted by molar-refractivity contribution is 5.77. The van der Waals surface area contributed by atoms with Gasteiger partial charge < -0.3 is 14.2 Å². The standard InChI is InChI=1S/C18H28O5/c1-5-11(22-17(20)18(3,4)6-2)9-21-14-10-7-12-13(8-10)16(19)23-15(12)14/h10-15H,5-9H2,1-4H3. The Labute approximate surface area is 138 Å². The fraction of sp³-hybridized carbons (Fsp3) is 0.889. The molecule has 1 heterocycles. The van der Waals surface area contributed by atoms with Gasteiger partial charge in [-0.3, -0.25) is 9.59 Å². The van der Waals surface area contributed by atoms with Crippen LogP contribution in [0.25, 0.3) is 0 Å². The molecular weight excluding hydrogens is 296 g/mol. The maximum atomic E-state index is 12.2. The van der Waals surface area contributed by atoms with Gasteiger partial charge in [0, 0.05) is 5.92 Å². The number of ether oxygens (including phenoxy) is 3. The lowest BCUT2D eigenvalue weighted by Crippen LogP contribution is -2.38. The summed E-state index contributed by atoms with van der Waals surface area (Å²) in [7, 11) is 0. The van der Waals surface area contributed by atoms with Crippen molar-refractivity contribution in [2.24, 2.45) is 23.2 Å². The lowest BCUT2D eigenvalue weighted by Gasteiger charge is -2.29. The van der Waals surface area contributed by atoms with Gasteiger partial charge in [0.2, 0.25) is 0 Å². The molecule has 0 radical (unpaired) electrons. The first-order valence-electron chi connectivity index (χ1n) is 8.90. The molecule has 0 N–H and O–H groups in total. The SMILES string of the molecule is CCC(COC1C2CC3C(=O)OC1C3C2)OC(=O)C(C)(C)CC. The topological polar surface area (TPSA) is 61.8 Å². The first-order valence-corrected chi connectivity index (χ1v) is 8.90. The van der Waals surface area contributed by atoms with Crippen molar-refractivity contribution in [3.05, 3.63) is 0 Å². The van der Waals surface area contributed by atoms with Gasteiger partial charge >= 0.3 is 11.9 Å². The first kappa shape index (κ1) is 16.7. The van der Waals surface area contributed by atoms with Gasteiger partial charge in [-0.1, -0.05) is 13.8 Å². The fourth-order valence-electron chi connectivity index (χ4n) is 4.04. The van der Waals surface area contributed by atoms with Crippen LogP contribution in [0.4, 0.5) is 0 Å². The number of hydrogen-bond acceptors (Lipinski definition) is 5. The van der Waals surface area contributed by atoms with E-state index in [1.807, 2.05) is 27.7 Å². The summed E-state index contributed by atoms with van der Waals surface area (Å²) < 4.78 is 17.2. The van der Waals surface area contributed by atoms with E-state index >= 15 is 0 Å². The van der Waals surface area contributed by atoms with Gasteiger partial charge in [0.1, 0.15) is 12.2 Å². The van der Waals surface area contributed by atoms with E-state index in [0.29, 0.717) is 18.4 Å². The molecule has 2 saturated carbocycles. The number of hydrogen-bond donors (Lipinski definition) is 0. The maximum absolute atomic E-state index is 12.2. The van der Waals surface area contributed by atoms with Crippen LogP contribution in [0.15, 0.2) is 0 Å². The van der Waals surface area contributed by atoms with Gasteiger partial charge in [0.25, 0.3) is 0 Å². The van der Waals surface area contributed by atoms with Crippen molar-refractivity contribution in [1.29, 1.82) is 0 Å². The second kappa shape index (κ2) is 6.08. The molecule has 6 atom stereocenters. The Hall–Kier alpha value is -1.10. The molecule has 0 spiro atoms. The molecular formula is C18H28O5. The van der Waals surface area contributed by atoms with Gasteiger partial charge in [-0.05, 0) is 45.4 Å². The van der Waals surface area contributed by atoms with Crippen LogP contribution in [0.1, 0.15) is 53.4 Å². The first-order chi connectivity index (χ1) is 10.9. The number of esters is 2. The van der Waals surface area contributed by atoms with Gasteiger partial charge in [-0.25, -0.2) is 0 Å². The molecule has 23 heavy (non-hydrogen) atoms. The Morgan fingerprint density at radius 3 is 2.74 bits per heavy atom. The van der Waals surface area contributed by atoms with Crippen molar-refractivity contribution >= 4 is 11.9 Å². The summed E-state index contributed by atoms with van der Waals surface area (Å²) in [6.07, 6.45) is 3.06. The zero-order chi connectivity index (χ0) is 16.8. The monoisotopic (exact) mass is 324 g/mol. The molecule has 5 heteroatoms.